The molecule has 2 saturated heterocycles. The first-order valence-electron chi connectivity index (χ1n) is 11.9. The van der Waals surface area contributed by atoms with Crippen molar-refractivity contribution < 1.29 is 4.79 Å². The molecule has 30 heavy (non-hydrogen) atoms. The third-order valence-electron chi connectivity index (χ3n) is 6.72. The highest BCUT2D eigenvalue weighted by Crippen LogP contribution is 2.22. The molecule has 1 amide bonds. The molecule has 1 aromatic carbocycles. The lowest BCUT2D eigenvalue weighted by Gasteiger charge is -2.33. The van der Waals surface area contributed by atoms with E-state index in [1.165, 1.54) is 31.5 Å². The van der Waals surface area contributed by atoms with Crippen molar-refractivity contribution in [3.63, 3.8) is 0 Å². The minimum Gasteiger partial charge on any atom is -0.342 e. The molecule has 2 aliphatic heterocycles. The maximum Gasteiger partial charge on any atom is 0.239 e. The van der Waals surface area contributed by atoms with E-state index >= 15 is 0 Å². The molecule has 166 valence electrons. The van der Waals surface area contributed by atoms with Crippen molar-refractivity contribution in [1.82, 2.24) is 20.0 Å². The molecule has 1 aromatic rings. The molecular formula is C25H40N4O. The molecule has 1 N–H and O–H groups in total. The maximum absolute atomic E-state index is 13.2. The predicted octanol–water partition coefficient (Wildman–Crippen LogP) is 3.09. The van der Waals surface area contributed by atoms with Gasteiger partial charge in [0.15, 0.2) is 0 Å². The van der Waals surface area contributed by atoms with Crippen LogP contribution in [0.1, 0.15) is 45.6 Å². The van der Waals surface area contributed by atoms with Crippen LogP contribution in [0.4, 0.5) is 0 Å². The van der Waals surface area contributed by atoms with Crippen LogP contribution in [-0.4, -0.2) is 84.5 Å². The second-order valence-electron chi connectivity index (χ2n) is 8.60. The van der Waals surface area contributed by atoms with Crippen LogP contribution in [0.2, 0.25) is 0 Å². The molecular weight excluding hydrogens is 372 g/mol. The van der Waals surface area contributed by atoms with Crippen molar-refractivity contribution in [3.05, 3.63) is 42.0 Å². The summed E-state index contributed by atoms with van der Waals surface area (Å²) >= 11 is 0. The number of hydrogen-bond donors (Lipinski definition) is 1. The van der Waals surface area contributed by atoms with Gasteiger partial charge < -0.3 is 15.1 Å². The van der Waals surface area contributed by atoms with Crippen molar-refractivity contribution in [2.75, 3.05) is 45.8 Å². The Hall–Kier alpha value is -1.69. The fraction of sp³-hybridized carbons (Fsp3) is 0.640. The van der Waals surface area contributed by atoms with Crippen LogP contribution in [0.25, 0.3) is 6.08 Å². The van der Waals surface area contributed by atoms with Gasteiger partial charge in [0.05, 0.1) is 6.04 Å². The summed E-state index contributed by atoms with van der Waals surface area (Å²) in [6.07, 6.45) is 7.72. The van der Waals surface area contributed by atoms with E-state index in [4.69, 9.17) is 0 Å². The van der Waals surface area contributed by atoms with Crippen molar-refractivity contribution in [1.29, 1.82) is 0 Å². The molecule has 0 aliphatic carbocycles. The second-order valence-corrected chi connectivity index (χ2v) is 8.60. The summed E-state index contributed by atoms with van der Waals surface area (Å²) in [4.78, 5) is 20.1. The highest BCUT2D eigenvalue weighted by atomic mass is 16.2. The Bertz CT molecular complexity index is 665. The number of hydrogen-bond acceptors (Lipinski definition) is 4. The highest BCUT2D eigenvalue weighted by Gasteiger charge is 2.38. The topological polar surface area (TPSA) is 38.8 Å². The van der Waals surface area contributed by atoms with Gasteiger partial charge in [0.25, 0.3) is 0 Å². The van der Waals surface area contributed by atoms with E-state index in [0.29, 0.717) is 18.0 Å². The number of carbonyl (C=O) groups is 1. The smallest absolute Gasteiger partial charge is 0.239 e. The fourth-order valence-electron chi connectivity index (χ4n) is 4.87. The standard InChI is InChI=1S/C25H40N4O/c1-4-27-17-14-22(15-18-27)26-23-19-24(25(30)28(5-2)6-3)29(20-23)16-10-13-21-11-8-7-9-12-21/h7-13,22-24,26H,4-6,14-20H2,1-3H3/b13-10+/t23-,24+/m1/s1. The number of carbonyl (C=O) groups excluding carboxylic acids is 1. The number of likely N-dealkylation sites (N-methyl/N-ethyl adjacent to an activating group) is 1. The lowest BCUT2D eigenvalue weighted by atomic mass is 10.0. The van der Waals surface area contributed by atoms with E-state index in [9.17, 15) is 4.79 Å². The first-order valence-corrected chi connectivity index (χ1v) is 11.9. The molecule has 3 rings (SSSR count). The zero-order valence-electron chi connectivity index (χ0n) is 19.1. The van der Waals surface area contributed by atoms with Gasteiger partial charge in [0.1, 0.15) is 0 Å². The largest absolute Gasteiger partial charge is 0.342 e. The van der Waals surface area contributed by atoms with Crippen molar-refractivity contribution in [2.24, 2.45) is 0 Å². The molecule has 0 saturated carbocycles. The Kier molecular flexibility index (Phi) is 8.91. The van der Waals surface area contributed by atoms with Crippen LogP contribution in [-0.2, 0) is 4.79 Å². The summed E-state index contributed by atoms with van der Waals surface area (Å²) in [6.45, 7) is 13.3. The molecule has 0 radical (unpaired) electrons. The first kappa shape index (κ1) is 23.0. The van der Waals surface area contributed by atoms with Gasteiger partial charge in [-0.1, -0.05) is 49.4 Å². The van der Waals surface area contributed by atoms with Crippen LogP contribution in [0.5, 0.6) is 0 Å². The number of likely N-dealkylation sites (tertiary alicyclic amines) is 2. The van der Waals surface area contributed by atoms with Gasteiger partial charge >= 0.3 is 0 Å². The lowest BCUT2D eigenvalue weighted by molar-refractivity contribution is -0.135. The van der Waals surface area contributed by atoms with E-state index in [1.807, 2.05) is 11.0 Å². The van der Waals surface area contributed by atoms with E-state index in [1.54, 1.807) is 0 Å². The monoisotopic (exact) mass is 412 g/mol. The third-order valence-corrected chi connectivity index (χ3v) is 6.72. The zero-order valence-corrected chi connectivity index (χ0v) is 19.1. The number of rotatable bonds is 9. The van der Waals surface area contributed by atoms with Crippen molar-refractivity contribution in [3.8, 4) is 0 Å². The first-order chi connectivity index (χ1) is 14.6. The van der Waals surface area contributed by atoms with Crippen LogP contribution in [0.15, 0.2) is 36.4 Å². The van der Waals surface area contributed by atoms with Crippen LogP contribution < -0.4 is 5.32 Å². The van der Waals surface area contributed by atoms with E-state index in [-0.39, 0.29) is 6.04 Å². The Morgan fingerprint density at radius 1 is 1.10 bits per heavy atom. The van der Waals surface area contributed by atoms with Crippen molar-refractivity contribution >= 4 is 12.0 Å². The minimum atomic E-state index is -0.0152. The van der Waals surface area contributed by atoms with Gasteiger partial charge in [-0.25, -0.2) is 0 Å². The maximum atomic E-state index is 13.2. The van der Waals surface area contributed by atoms with Crippen LogP contribution in [0, 0.1) is 0 Å². The molecule has 2 fully saturated rings. The van der Waals surface area contributed by atoms with Gasteiger partial charge in [-0.2, -0.15) is 0 Å². The summed E-state index contributed by atoms with van der Waals surface area (Å²) in [7, 11) is 0. The van der Waals surface area contributed by atoms with Gasteiger partial charge in [0, 0.05) is 38.3 Å². The average molecular weight is 413 g/mol. The summed E-state index contributed by atoms with van der Waals surface area (Å²) in [5, 5.41) is 3.90. The number of benzene rings is 1. The third kappa shape index (κ3) is 6.16. The van der Waals surface area contributed by atoms with Gasteiger partial charge in [-0.05, 0) is 58.3 Å². The molecule has 5 nitrogen and oxygen atoms in total. The summed E-state index contributed by atoms with van der Waals surface area (Å²) in [5.41, 5.74) is 1.21. The van der Waals surface area contributed by atoms with E-state index < -0.39 is 0 Å². The number of piperidine rings is 1. The quantitative estimate of drug-likeness (QED) is 0.677. The Morgan fingerprint density at radius 3 is 2.43 bits per heavy atom. The molecule has 0 unspecified atom stereocenters. The molecule has 0 spiro atoms. The van der Waals surface area contributed by atoms with Crippen LogP contribution in [0.3, 0.4) is 0 Å². The fourth-order valence-corrected chi connectivity index (χ4v) is 4.87. The van der Waals surface area contributed by atoms with Gasteiger partial charge in [-0.3, -0.25) is 9.69 Å². The highest BCUT2D eigenvalue weighted by molar-refractivity contribution is 5.82. The molecule has 0 bridgehead atoms. The van der Waals surface area contributed by atoms with E-state index in [2.05, 4.69) is 72.3 Å². The number of amides is 1. The molecule has 2 atom stereocenters. The average Bonchev–Trinajstić information content (AvgIpc) is 3.18. The minimum absolute atomic E-state index is 0.0152. The van der Waals surface area contributed by atoms with Gasteiger partial charge in [-0.15, -0.1) is 0 Å². The second kappa shape index (κ2) is 11.6. The normalized spacial score (nSPS) is 24.0. The summed E-state index contributed by atoms with van der Waals surface area (Å²) in [6, 6.07) is 11.4. The molecule has 5 heteroatoms. The zero-order chi connectivity index (χ0) is 21.3. The Morgan fingerprint density at radius 2 is 1.80 bits per heavy atom. The Labute approximate surface area is 183 Å². The molecule has 2 aliphatic rings. The van der Waals surface area contributed by atoms with E-state index in [0.717, 1.165) is 39.1 Å². The SMILES string of the molecule is CCN1CCC(N[C@@H]2C[C@@H](C(=O)N(CC)CC)N(C/C=C/c3ccccc3)C2)CC1. The number of nitrogens with one attached hydrogen (secondary N) is 1. The summed E-state index contributed by atoms with van der Waals surface area (Å²) < 4.78 is 0. The van der Waals surface area contributed by atoms with Gasteiger partial charge in [0.2, 0.25) is 5.91 Å². The summed E-state index contributed by atoms with van der Waals surface area (Å²) in [5.74, 6) is 0.290. The molecule has 2 heterocycles. The van der Waals surface area contributed by atoms with Crippen LogP contribution >= 0.6 is 0 Å². The Balaban J connectivity index is 1.61. The lowest BCUT2D eigenvalue weighted by Crippen LogP contribution is -2.46. The predicted molar refractivity (Wildman–Crippen MR) is 125 cm³/mol. The van der Waals surface area contributed by atoms with Crippen molar-refractivity contribution in [2.45, 2.75) is 58.2 Å². The number of nitrogens with zero attached hydrogens (tertiary/aromatic N) is 3. The molecule has 0 aromatic heterocycles.